The number of carbonyl (C=O) groups is 1. The van der Waals surface area contributed by atoms with Gasteiger partial charge in [-0.05, 0) is 24.3 Å². The van der Waals surface area contributed by atoms with E-state index in [-0.39, 0.29) is 12.1 Å². The third kappa shape index (κ3) is 2.18. The summed E-state index contributed by atoms with van der Waals surface area (Å²) in [5, 5.41) is 4.98. The summed E-state index contributed by atoms with van der Waals surface area (Å²) in [6.45, 7) is -0.131. The van der Waals surface area contributed by atoms with Crippen LogP contribution in [0, 0.1) is 11.6 Å². The van der Waals surface area contributed by atoms with Gasteiger partial charge in [-0.2, -0.15) is 5.10 Å². The number of hydrogen-bond donors (Lipinski definition) is 0. The average molecular weight is 272 g/mol. The van der Waals surface area contributed by atoms with E-state index in [4.69, 9.17) is 0 Å². The van der Waals surface area contributed by atoms with E-state index in [9.17, 15) is 13.6 Å². The molecule has 0 fully saturated rings. The van der Waals surface area contributed by atoms with Crippen LogP contribution in [0.1, 0.15) is 10.4 Å². The molecule has 0 radical (unpaired) electrons. The summed E-state index contributed by atoms with van der Waals surface area (Å²) < 4.78 is 28.1. The fraction of sp³-hybridized carbons (Fsp3) is 0.0667. The number of nitrogens with zero attached hydrogens (tertiary/aromatic N) is 2. The van der Waals surface area contributed by atoms with Crippen molar-refractivity contribution in [2.24, 2.45) is 0 Å². The van der Waals surface area contributed by atoms with E-state index in [0.29, 0.717) is 0 Å². The molecule has 0 spiro atoms. The fourth-order valence-corrected chi connectivity index (χ4v) is 2.08. The lowest BCUT2D eigenvalue weighted by Crippen LogP contribution is -2.13. The zero-order chi connectivity index (χ0) is 14.1. The highest BCUT2D eigenvalue weighted by molar-refractivity contribution is 5.96. The van der Waals surface area contributed by atoms with Crippen LogP contribution < -0.4 is 0 Å². The maximum atomic E-state index is 13.5. The first-order chi connectivity index (χ1) is 9.65. The minimum absolute atomic E-state index is 0.131. The average Bonchev–Trinajstić information content (AvgIpc) is 2.85. The van der Waals surface area contributed by atoms with Gasteiger partial charge in [0.25, 0.3) is 0 Å². The van der Waals surface area contributed by atoms with Crippen molar-refractivity contribution in [2.75, 3.05) is 0 Å². The maximum absolute atomic E-state index is 13.5. The Labute approximate surface area is 113 Å². The number of fused-ring (bicyclic) bond motifs is 1. The summed E-state index contributed by atoms with van der Waals surface area (Å²) in [5.74, 6) is -1.89. The first kappa shape index (κ1) is 12.5. The molecule has 0 N–H and O–H groups in total. The van der Waals surface area contributed by atoms with E-state index in [1.807, 2.05) is 24.3 Å². The van der Waals surface area contributed by atoms with Crippen LogP contribution in [-0.4, -0.2) is 15.6 Å². The second-order valence-electron chi connectivity index (χ2n) is 4.41. The van der Waals surface area contributed by atoms with Crippen LogP contribution in [-0.2, 0) is 6.54 Å². The van der Waals surface area contributed by atoms with Gasteiger partial charge in [0, 0.05) is 5.39 Å². The largest absolute Gasteiger partial charge is 0.292 e. The van der Waals surface area contributed by atoms with Gasteiger partial charge in [0.05, 0.1) is 17.3 Å². The molecule has 20 heavy (non-hydrogen) atoms. The fourth-order valence-electron chi connectivity index (χ4n) is 2.08. The SMILES string of the molecule is O=C(Cn1ncc2ccccc21)c1cc(F)ccc1F. The number of ketones is 1. The monoisotopic (exact) mass is 272 g/mol. The molecule has 0 saturated heterocycles. The van der Waals surface area contributed by atoms with E-state index < -0.39 is 17.4 Å². The second kappa shape index (κ2) is 4.85. The Bertz CT molecular complexity index is 795. The predicted octanol–water partition coefficient (Wildman–Crippen LogP) is 3.20. The minimum atomic E-state index is -0.729. The predicted molar refractivity (Wildman–Crippen MR) is 70.4 cm³/mol. The van der Waals surface area contributed by atoms with E-state index in [0.717, 1.165) is 29.1 Å². The topological polar surface area (TPSA) is 34.9 Å². The van der Waals surface area contributed by atoms with Gasteiger partial charge in [-0.25, -0.2) is 8.78 Å². The van der Waals surface area contributed by atoms with Crippen LogP contribution in [0.15, 0.2) is 48.7 Å². The molecule has 5 heteroatoms. The molecule has 0 atom stereocenters. The summed E-state index contributed by atoms with van der Waals surface area (Å²) in [6, 6.07) is 10.2. The van der Waals surface area contributed by atoms with Crippen molar-refractivity contribution >= 4 is 16.7 Å². The normalized spacial score (nSPS) is 10.9. The number of para-hydroxylation sites is 1. The molecular formula is C15H10F2N2O. The maximum Gasteiger partial charge on any atom is 0.187 e. The lowest BCUT2D eigenvalue weighted by Gasteiger charge is -2.04. The van der Waals surface area contributed by atoms with Crippen molar-refractivity contribution in [1.82, 2.24) is 9.78 Å². The minimum Gasteiger partial charge on any atom is -0.292 e. The highest BCUT2D eigenvalue weighted by atomic mass is 19.1. The van der Waals surface area contributed by atoms with Gasteiger partial charge in [0.2, 0.25) is 0 Å². The smallest absolute Gasteiger partial charge is 0.187 e. The van der Waals surface area contributed by atoms with Gasteiger partial charge < -0.3 is 0 Å². The number of rotatable bonds is 3. The number of carbonyl (C=O) groups excluding carboxylic acids is 1. The zero-order valence-corrected chi connectivity index (χ0v) is 10.4. The number of aromatic nitrogens is 2. The quantitative estimate of drug-likeness (QED) is 0.686. The molecule has 0 aliphatic heterocycles. The van der Waals surface area contributed by atoms with Crippen LogP contribution in [0.4, 0.5) is 8.78 Å². The molecule has 100 valence electrons. The molecule has 3 aromatic rings. The number of hydrogen-bond acceptors (Lipinski definition) is 2. The van der Waals surface area contributed by atoms with Crippen LogP contribution >= 0.6 is 0 Å². The van der Waals surface area contributed by atoms with Crippen LogP contribution in [0.2, 0.25) is 0 Å². The molecular weight excluding hydrogens is 262 g/mol. The Morgan fingerprint density at radius 1 is 1.15 bits per heavy atom. The Hall–Kier alpha value is -2.56. The highest BCUT2D eigenvalue weighted by Crippen LogP contribution is 2.15. The third-order valence-electron chi connectivity index (χ3n) is 3.07. The molecule has 0 aliphatic rings. The molecule has 0 aliphatic carbocycles. The van der Waals surface area contributed by atoms with Crippen LogP contribution in [0.5, 0.6) is 0 Å². The van der Waals surface area contributed by atoms with Gasteiger partial charge in [-0.15, -0.1) is 0 Å². The van der Waals surface area contributed by atoms with Crippen LogP contribution in [0.25, 0.3) is 10.9 Å². The number of Topliss-reactive ketones (excluding diaryl/α,β-unsaturated/α-hetero) is 1. The first-order valence-electron chi connectivity index (χ1n) is 6.04. The summed E-state index contributed by atoms with van der Waals surface area (Å²) in [5.41, 5.74) is 0.516. The molecule has 0 amide bonds. The van der Waals surface area contributed by atoms with Crippen molar-refractivity contribution in [3.63, 3.8) is 0 Å². The molecule has 0 saturated carbocycles. The van der Waals surface area contributed by atoms with Gasteiger partial charge in [-0.3, -0.25) is 9.48 Å². The van der Waals surface area contributed by atoms with Gasteiger partial charge in [-0.1, -0.05) is 18.2 Å². The van der Waals surface area contributed by atoms with Crippen molar-refractivity contribution in [3.8, 4) is 0 Å². The number of benzene rings is 2. The highest BCUT2D eigenvalue weighted by Gasteiger charge is 2.14. The summed E-state index contributed by atoms with van der Waals surface area (Å²) >= 11 is 0. The first-order valence-corrected chi connectivity index (χ1v) is 6.04. The summed E-state index contributed by atoms with van der Waals surface area (Å²) in [7, 11) is 0. The van der Waals surface area contributed by atoms with Crippen LogP contribution in [0.3, 0.4) is 0 Å². The Balaban J connectivity index is 1.94. The Morgan fingerprint density at radius 2 is 1.95 bits per heavy atom. The molecule has 3 rings (SSSR count). The second-order valence-corrected chi connectivity index (χ2v) is 4.41. The van der Waals surface area contributed by atoms with Gasteiger partial charge in [0.15, 0.2) is 5.78 Å². The van der Waals surface area contributed by atoms with Crippen molar-refractivity contribution < 1.29 is 13.6 Å². The van der Waals surface area contributed by atoms with Crippen molar-refractivity contribution in [1.29, 1.82) is 0 Å². The van der Waals surface area contributed by atoms with Gasteiger partial charge >= 0.3 is 0 Å². The third-order valence-corrected chi connectivity index (χ3v) is 3.07. The molecule has 0 bridgehead atoms. The standard InChI is InChI=1S/C15H10F2N2O/c16-11-5-6-13(17)12(7-11)15(20)9-19-14-4-2-1-3-10(14)8-18-19/h1-8H,9H2. The van der Waals surface area contributed by atoms with E-state index in [2.05, 4.69) is 5.10 Å². The summed E-state index contributed by atoms with van der Waals surface area (Å²) in [6.07, 6.45) is 1.63. The molecule has 3 nitrogen and oxygen atoms in total. The number of halogens is 2. The molecule has 1 aromatic heterocycles. The zero-order valence-electron chi connectivity index (χ0n) is 10.4. The molecule has 0 unspecified atom stereocenters. The molecule has 1 heterocycles. The lowest BCUT2D eigenvalue weighted by molar-refractivity contribution is 0.0965. The van der Waals surface area contributed by atoms with Gasteiger partial charge in [0.1, 0.15) is 18.2 Å². The van der Waals surface area contributed by atoms with Crippen molar-refractivity contribution in [3.05, 3.63) is 65.9 Å². The van der Waals surface area contributed by atoms with E-state index in [1.165, 1.54) is 4.68 Å². The summed E-state index contributed by atoms with van der Waals surface area (Å²) in [4.78, 5) is 12.1. The molecule has 2 aromatic carbocycles. The van der Waals surface area contributed by atoms with E-state index in [1.54, 1.807) is 6.20 Å². The Kier molecular flexibility index (Phi) is 3.02. The lowest BCUT2D eigenvalue weighted by atomic mass is 10.1. The Morgan fingerprint density at radius 3 is 2.80 bits per heavy atom. The van der Waals surface area contributed by atoms with Crippen molar-refractivity contribution in [2.45, 2.75) is 6.54 Å². The van der Waals surface area contributed by atoms with E-state index >= 15 is 0 Å².